The Morgan fingerprint density at radius 2 is 1.71 bits per heavy atom. The third-order valence-corrected chi connectivity index (χ3v) is 2.77. The lowest BCUT2D eigenvalue weighted by Crippen LogP contribution is -2.32. The summed E-state index contributed by atoms with van der Waals surface area (Å²) in [4.78, 5) is 22.9. The zero-order valence-corrected chi connectivity index (χ0v) is 14.6. The number of hydrogen-bond donors (Lipinski definition) is 5. The normalized spacial score (nSPS) is 10.1. The van der Waals surface area contributed by atoms with Crippen LogP contribution in [0.5, 0.6) is 0 Å². The van der Waals surface area contributed by atoms with E-state index in [1.165, 1.54) is 16.5 Å². The van der Waals surface area contributed by atoms with Crippen molar-refractivity contribution < 1.29 is 24.9 Å². The molecule has 7 nitrogen and oxygen atoms in total. The molecule has 2 rings (SSSR count). The van der Waals surface area contributed by atoms with Crippen molar-refractivity contribution in [2.45, 2.75) is 39.7 Å². The molecule has 1 aromatic heterocycles. The Labute approximate surface area is 142 Å². The van der Waals surface area contributed by atoms with Gasteiger partial charge in [0.2, 0.25) is 0 Å². The van der Waals surface area contributed by atoms with Gasteiger partial charge in [0.1, 0.15) is 6.04 Å². The number of fused-ring (bicyclic) bond motifs is 1. The van der Waals surface area contributed by atoms with E-state index in [0.717, 1.165) is 13.5 Å². The quantitative estimate of drug-likeness (QED) is 0.579. The maximum atomic E-state index is 9.85. The standard InChI is InChI=1S/C10H11N.C4H7NO4.C2H6.CH4O/c1-2-8-7-11-10-6-4-3-5-9(8)10;5-2(4(8)9)1-3(6)7;2*1-2/h3-7,11H,2H2,1H3;2H,1,5H2,(H,6,7)(H,8,9);1-2H3;2H,1H3/t;2-;;/m.0../s1. The minimum absolute atomic E-state index is 0.532. The molecular formula is C17H28N2O5. The Hall–Kier alpha value is -2.38. The van der Waals surface area contributed by atoms with Gasteiger partial charge < -0.3 is 26.0 Å². The molecule has 0 aliphatic heterocycles. The minimum Gasteiger partial charge on any atom is -0.481 e. The van der Waals surface area contributed by atoms with E-state index in [9.17, 15) is 9.59 Å². The summed E-state index contributed by atoms with van der Waals surface area (Å²) >= 11 is 0. The Balaban J connectivity index is 0. The Morgan fingerprint density at radius 3 is 2.12 bits per heavy atom. The summed E-state index contributed by atoms with van der Waals surface area (Å²) in [6.07, 6.45) is 2.66. The molecule has 6 N–H and O–H groups in total. The fourth-order valence-electron chi connectivity index (χ4n) is 1.70. The van der Waals surface area contributed by atoms with Crippen LogP contribution in [0.2, 0.25) is 0 Å². The number of H-pyrrole nitrogens is 1. The Morgan fingerprint density at radius 1 is 1.17 bits per heavy atom. The molecule has 0 aliphatic carbocycles. The van der Waals surface area contributed by atoms with E-state index in [4.69, 9.17) is 21.1 Å². The number of rotatable bonds is 4. The number of hydrogen-bond acceptors (Lipinski definition) is 4. The van der Waals surface area contributed by atoms with Gasteiger partial charge in [-0.15, -0.1) is 0 Å². The van der Waals surface area contributed by atoms with Gasteiger partial charge in [-0.2, -0.15) is 0 Å². The monoisotopic (exact) mass is 340 g/mol. The van der Waals surface area contributed by atoms with Gasteiger partial charge >= 0.3 is 11.9 Å². The van der Waals surface area contributed by atoms with Crippen LogP contribution < -0.4 is 5.73 Å². The van der Waals surface area contributed by atoms with Crippen LogP contribution >= 0.6 is 0 Å². The molecule has 0 saturated heterocycles. The lowest BCUT2D eigenvalue weighted by Gasteiger charge is -1.99. The summed E-state index contributed by atoms with van der Waals surface area (Å²) in [5.41, 5.74) is 7.48. The number of aryl methyl sites for hydroxylation is 1. The summed E-state index contributed by atoms with van der Waals surface area (Å²) in [6, 6.07) is 7.11. The number of aliphatic hydroxyl groups is 1. The summed E-state index contributed by atoms with van der Waals surface area (Å²) in [7, 11) is 1.00. The van der Waals surface area contributed by atoms with Gasteiger partial charge in [-0.05, 0) is 18.1 Å². The predicted octanol–water partition coefficient (Wildman–Crippen LogP) is 2.24. The maximum Gasteiger partial charge on any atom is 0.321 e. The predicted molar refractivity (Wildman–Crippen MR) is 95.0 cm³/mol. The first-order valence-corrected chi connectivity index (χ1v) is 7.65. The van der Waals surface area contributed by atoms with Gasteiger partial charge in [0.15, 0.2) is 0 Å². The van der Waals surface area contributed by atoms with Crippen molar-refractivity contribution in [2.75, 3.05) is 7.11 Å². The van der Waals surface area contributed by atoms with Crippen LogP contribution in [0.3, 0.4) is 0 Å². The van der Waals surface area contributed by atoms with E-state index in [0.29, 0.717) is 0 Å². The molecule has 0 aliphatic rings. The van der Waals surface area contributed by atoms with E-state index in [2.05, 4.69) is 42.4 Å². The van der Waals surface area contributed by atoms with Crippen LogP contribution in [0.1, 0.15) is 32.8 Å². The van der Waals surface area contributed by atoms with E-state index in [1.54, 1.807) is 0 Å². The van der Waals surface area contributed by atoms with Crippen LogP contribution in [-0.2, 0) is 16.0 Å². The molecule has 0 saturated carbocycles. The van der Waals surface area contributed by atoms with Gasteiger partial charge in [0.05, 0.1) is 6.42 Å². The zero-order chi connectivity index (χ0) is 19.1. The van der Waals surface area contributed by atoms with E-state index < -0.39 is 24.4 Å². The largest absolute Gasteiger partial charge is 0.481 e. The van der Waals surface area contributed by atoms with Gasteiger partial charge in [-0.3, -0.25) is 9.59 Å². The number of carboxylic acid groups (broad SMARTS) is 2. The van der Waals surface area contributed by atoms with Crippen molar-refractivity contribution in [3.63, 3.8) is 0 Å². The number of carbonyl (C=O) groups is 2. The van der Waals surface area contributed by atoms with Crippen molar-refractivity contribution in [1.82, 2.24) is 4.98 Å². The van der Waals surface area contributed by atoms with Crippen LogP contribution in [0, 0.1) is 0 Å². The lowest BCUT2D eigenvalue weighted by atomic mass is 10.1. The average Bonchev–Trinajstić information content (AvgIpc) is 3.01. The van der Waals surface area contributed by atoms with Crippen molar-refractivity contribution in [3.05, 3.63) is 36.0 Å². The van der Waals surface area contributed by atoms with Crippen LogP contribution in [0.4, 0.5) is 0 Å². The van der Waals surface area contributed by atoms with Crippen molar-refractivity contribution in [2.24, 2.45) is 5.73 Å². The number of carboxylic acids is 2. The second-order valence-electron chi connectivity index (χ2n) is 4.26. The Bertz CT molecular complexity index is 595. The minimum atomic E-state index is -1.29. The first kappa shape index (κ1) is 23.9. The van der Waals surface area contributed by atoms with Crippen LogP contribution in [0.25, 0.3) is 10.9 Å². The highest BCUT2D eigenvalue weighted by Gasteiger charge is 2.14. The van der Waals surface area contributed by atoms with Gasteiger partial charge in [-0.1, -0.05) is 39.0 Å². The Kier molecular flexibility index (Phi) is 14.2. The molecule has 7 heteroatoms. The summed E-state index contributed by atoms with van der Waals surface area (Å²) in [5.74, 6) is -2.50. The smallest absolute Gasteiger partial charge is 0.321 e. The fourth-order valence-corrected chi connectivity index (χ4v) is 1.70. The lowest BCUT2D eigenvalue weighted by molar-refractivity contribution is -0.144. The van der Waals surface area contributed by atoms with Crippen molar-refractivity contribution in [1.29, 1.82) is 0 Å². The molecule has 2 aromatic rings. The van der Waals surface area contributed by atoms with E-state index in [-0.39, 0.29) is 0 Å². The number of nitrogens with one attached hydrogen (secondary N) is 1. The zero-order valence-electron chi connectivity index (χ0n) is 14.6. The third kappa shape index (κ3) is 8.92. The van der Waals surface area contributed by atoms with Crippen molar-refractivity contribution >= 4 is 22.8 Å². The number of aliphatic hydroxyl groups excluding tert-OH is 1. The summed E-state index contributed by atoms with van der Waals surface area (Å²) in [5, 5.41) is 24.4. The fraction of sp³-hybridized carbons (Fsp3) is 0.412. The summed E-state index contributed by atoms with van der Waals surface area (Å²) < 4.78 is 0. The number of nitrogens with two attached hydrogens (primary N) is 1. The molecule has 24 heavy (non-hydrogen) atoms. The molecule has 0 radical (unpaired) electrons. The first-order chi connectivity index (χ1) is 11.5. The van der Waals surface area contributed by atoms with Crippen LogP contribution in [-0.4, -0.2) is 45.4 Å². The molecule has 0 spiro atoms. The molecular weight excluding hydrogens is 312 g/mol. The van der Waals surface area contributed by atoms with Gasteiger partial charge in [0.25, 0.3) is 0 Å². The molecule has 1 atom stereocenters. The molecule has 0 fully saturated rings. The van der Waals surface area contributed by atoms with Gasteiger partial charge in [-0.25, -0.2) is 0 Å². The number of benzene rings is 1. The topological polar surface area (TPSA) is 137 Å². The maximum absolute atomic E-state index is 9.85. The second kappa shape index (κ2) is 14.2. The molecule has 0 unspecified atom stereocenters. The number of aromatic nitrogens is 1. The highest BCUT2D eigenvalue weighted by Crippen LogP contribution is 2.17. The molecule has 0 amide bonds. The van der Waals surface area contributed by atoms with Gasteiger partial charge in [0, 0.05) is 24.2 Å². The van der Waals surface area contributed by atoms with Crippen LogP contribution in [0.15, 0.2) is 30.5 Å². The SMILES string of the molecule is CC.CCc1c[nH]c2ccccc12.CO.N[C@@H](CC(=O)O)C(=O)O. The average molecular weight is 340 g/mol. The highest BCUT2D eigenvalue weighted by atomic mass is 16.4. The summed E-state index contributed by atoms with van der Waals surface area (Å²) in [6.45, 7) is 6.18. The highest BCUT2D eigenvalue weighted by molar-refractivity contribution is 5.83. The molecule has 1 heterocycles. The molecule has 0 bridgehead atoms. The number of aromatic amines is 1. The van der Waals surface area contributed by atoms with Crippen molar-refractivity contribution in [3.8, 4) is 0 Å². The first-order valence-electron chi connectivity index (χ1n) is 7.65. The molecule has 1 aromatic carbocycles. The molecule has 136 valence electrons. The number of para-hydroxylation sites is 1. The second-order valence-corrected chi connectivity index (χ2v) is 4.26. The number of aliphatic carboxylic acids is 2. The third-order valence-electron chi connectivity index (χ3n) is 2.77. The van der Waals surface area contributed by atoms with E-state index in [1.807, 2.05) is 13.8 Å². The van der Waals surface area contributed by atoms with E-state index >= 15 is 0 Å².